The molecule has 3 aromatic rings. The van der Waals surface area contributed by atoms with Crippen molar-refractivity contribution in [3.8, 4) is 0 Å². The number of nitrogens with zero attached hydrogens (tertiary/aromatic N) is 1. The largest absolute Gasteiger partial charge is 0.416 e. The predicted octanol–water partition coefficient (Wildman–Crippen LogP) is 8.16. The van der Waals surface area contributed by atoms with E-state index in [-0.39, 0.29) is 25.6 Å². The van der Waals surface area contributed by atoms with Crippen LogP contribution in [0.3, 0.4) is 0 Å². The van der Waals surface area contributed by atoms with Crippen molar-refractivity contribution in [2.24, 2.45) is 0 Å². The third-order valence-corrected chi connectivity index (χ3v) is 6.60. The van der Waals surface area contributed by atoms with Crippen molar-refractivity contribution < 1.29 is 44.3 Å². The third kappa shape index (κ3) is 5.97. The van der Waals surface area contributed by atoms with Crippen molar-refractivity contribution in [1.82, 2.24) is 4.90 Å². The molecule has 0 saturated carbocycles. The molecular formula is C27H20F9NO. The minimum Gasteiger partial charge on any atom is -0.338 e. The number of hydrogen-bond acceptors (Lipinski definition) is 1. The summed E-state index contributed by atoms with van der Waals surface area (Å²) in [6.07, 6.45) is -14.6. The first kappa shape index (κ1) is 27.5. The fourth-order valence-corrected chi connectivity index (χ4v) is 4.78. The van der Waals surface area contributed by atoms with E-state index in [1.165, 1.54) is 12.1 Å². The molecule has 11 heteroatoms. The van der Waals surface area contributed by atoms with E-state index in [1.54, 1.807) is 30.3 Å². The standard InChI is InChI=1S/C27H20F9NO/c28-25(29,30)19-8-4-7-17(11-19)22-9-10-37(15-23(22)16-5-2-1-3-6-16)24(38)18-12-20(26(31,32)33)14-21(13-18)27(34,35)36/h1-8,11-14,22-23H,9-10,15H2/t22-,23+/m0/s1. The Morgan fingerprint density at radius 2 is 1.18 bits per heavy atom. The Bertz CT molecular complexity index is 1260. The minimum absolute atomic E-state index is 0.0522. The van der Waals surface area contributed by atoms with Crippen molar-refractivity contribution in [2.45, 2.75) is 36.8 Å². The molecule has 0 aliphatic carbocycles. The number of piperidine rings is 1. The highest BCUT2D eigenvalue weighted by atomic mass is 19.4. The first-order chi connectivity index (χ1) is 17.6. The summed E-state index contributed by atoms with van der Waals surface area (Å²) in [7, 11) is 0. The van der Waals surface area contributed by atoms with E-state index in [1.807, 2.05) is 0 Å². The summed E-state index contributed by atoms with van der Waals surface area (Å²) >= 11 is 0. The lowest BCUT2D eigenvalue weighted by Gasteiger charge is -2.39. The van der Waals surface area contributed by atoms with Crippen molar-refractivity contribution in [2.75, 3.05) is 13.1 Å². The van der Waals surface area contributed by atoms with Gasteiger partial charge in [-0.3, -0.25) is 4.79 Å². The molecule has 4 rings (SSSR count). The normalized spacial score (nSPS) is 18.9. The van der Waals surface area contributed by atoms with Gasteiger partial charge in [0.2, 0.25) is 0 Å². The second kappa shape index (κ2) is 9.99. The van der Waals surface area contributed by atoms with Crippen molar-refractivity contribution in [3.63, 3.8) is 0 Å². The highest BCUT2D eigenvalue weighted by Gasteiger charge is 2.40. The summed E-state index contributed by atoms with van der Waals surface area (Å²) < 4.78 is 120. The van der Waals surface area contributed by atoms with Gasteiger partial charge in [-0.05, 0) is 47.7 Å². The van der Waals surface area contributed by atoms with Gasteiger partial charge in [-0.15, -0.1) is 0 Å². The maximum atomic E-state index is 13.3. The maximum Gasteiger partial charge on any atom is 0.416 e. The zero-order chi connectivity index (χ0) is 27.9. The fourth-order valence-electron chi connectivity index (χ4n) is 4.78. The van der Waals surface area contributed by atoms with Gasteiger partial charge in [0.25, 0.3) is 5.91 Å². The lowest BCUT2D eigenvalue weighted by atomic mass is 9.76. The van der Waals surface area contributed by atoms with Crippen LogP contribution in [-0.4, -0.2) is 23.9 Å². The number of rotatable bonds is 3. The van der Waals surface area contributed by atoms with Crippen molar-refractivity contribution >= 4 is 5.91 Å². The molecule has 0 bridgehead atoms. The van der Waals surface area contributed by atoms with E-state index in [2.05, 4.69) is 0 Å². The quantitative estimate of drug-likeness (QED) is 0.304. The van der Waals surface area contributed by atoms with Gasteiger partial charge in [0.15, 0.2) is 0 Å². The van der Waals surface area contributed by atoms with Crippen molar-refractivity contribution in [1.29, 1.82) is 0 Å². The fraction of sp³-hybridized carbons (Fsp3) is 0.296. The Kier molecular flexibility index (Phi) is 7.24. The average Bonchev–Trinajstić information content (AvgIpc) is 2.86. The number of carbonyl (C=O) groups is 1. The lowest BCUT2D eigenvalue weighted by molar-refractivity contribution is -0.143. The maximum absolute atomic E-state index is 13.3. The second-order valence-corrected chi connectivity index (χ2v) is 9.08. The van der Waals surface area contributed by atoms with Crippen LogP contribution in [-0.2, 0) is 18.5 Å². The summed E-state index contributed by atoms with van der Waals surface area (Å²) in [5.41, 5.74) is -3.77. The molecule has 0 N–H and O–H groups in total. The molecule has 0 unspecified atom stereocenters. The summed E-state index contributed by atoms with van der Waals surface area (Å²) in [5.74, 6) is -2.05. The van der Waals surface area contributed by atoms with E-state index < -0.39 is 58.5 Å². The van der Waals surface area contributed by atoms with Crippen LogP contribution < -0.4 is 0 Å². The SMILES string of the molecule is O=C(c1cc(C(F)(F)F)cc(C(F)(F)F)c1)N1CC[C@@H](c2cccc(C(F)(F)F)c2)[C@@H](c2ccccc2)C1. The molecule has 1 amide bonds. The van der Waals surface area contributed by atoms with Gasteiger partial charge in [0.05, 0.1) is 16.7 Å². The van der Waals surface area contributed by atoms with Gasteiger partial charge >= 0.3 is 18.5 Å². The number of alkyl halides is 9. The molecule has 2 atom stereocenters. The summed E-state index contributed by atoms with van der Waals surface area (Å²) in [4.78, 5) is 14.4. The van der Waals surface area contributed by atoms with Gasteiger partial charge in [-0.25, -0.2) is 0 Å². The molecule has 0 aromatic heterocycles. The van der Waals surface area contributed by atoms with Gasteiger partial charge in [-0.2, -0.15) is 39.5 Å². The Morgan fingerprint density at radius 1 is 0.632 bits per heavy atom. The van der Waals surface area contributed by atoms with E-state index >= 15 is 0 Å². The Morgan fingerprint density at radius 3 is 1.74 bits per heavy atom. The smallest absolute Gasteiger partial charge is 0.338 e. The molecule has 38 heavy (non-hydrogen) atoms. The number of likely N-dealkylation sites (tertiary alicyclic amines) is 1. The highest BCUT2D eigenvalue weighted by Crippen LogP contribution is 2.42. The molecule has 0 spiro atoms. The van der Waals surface area contributed by atoms with E-state index in [0.717, 1.165) is 17.0 Å². The highest BCUT2D eigenvalue weighted by molar-refractivity contribution is 5.95. The number of amides is 1. The summed E-state index contributed by atoms with van der Waals surface area (Å²) in [6.45, 7) is -0.179. The molecule has 1 aliphatic heterocycles. The van der Waals surface area contributed by atoms with Crippen LogP contribution in [0.15, 0.2) is 72.8 Å². The van der Waals surface area contributed by atoms with Gasteiger partial charge in [0, 0.05) is 24.6 Å². The molecule has 1 saturated heterocycles. The third-order valence-electron chi connectivity index (χ3n) is 6.60. The van der Waals surface area contributed by atoms with E-state index in [9.17, 15) is 44.3 Å². The Balaban J connectivity index is 1.70. The number of hydrogen-bond donors (Lipinski definition) is 0. The van der Waals surface area contributed by atoms with Crippen LogP contribution in [0.2, 0.25) is 0 Å². The molecule has 1 heterocycles. The molecule has 1 aliphatic rings. The number of carbonyl (C=O) groups excluding carboxylic acids is 1. The van der Waals surface area contributed by atoms with Crippen LogP contribution in [0.1, 0.15) is 56.4 Å². The van der Waals surface area contributed by atoms with Crippen LogP contribution in [0.4, 0.5) is 39.5 Å². The molecule has 2 nitrogen and oxygen atoms in total. The van der Waals surface area contributed by atoms with Crippen molar-refractivity contribution in [3.05, 3.63) is 106 Å². The molecule has 202 valence electrons. The molecule has 3 aromatic carbocycles. The Labute approximate surface area is 211 Å². The zero-order valence-corrected chi connectivity index (χ0v) is 19.5. The zero-order valence-electron chi connectivity index (χ0n) is 19.5. The van der Waals surface area contributed by atoms with Crippen LogP contribution in [0, 0.1) is 0 Å². The first-order valence-electron chi connectivity index (χ1n) is 11.5. The number of benzene rings is 3. The van der Waals surface area contributed by atoms with Crippen LogP contribution >= 0.6 is 0 Å². The summed E-state index contributed by atoms with van der Waals surface area (Å²) in [6, 6.07) is 14.0. The second-order valence-electron chi connectivity index (χ2n) is 9.08. The number of halogens is 9. The summed E-state index contributed by atoms with van der Waals surface area (Å²) in [5, 5.41) is 0. The monoisotopic (exact) mass is 545 g/mol. The topological polar surface area (TPSA) is 20.3 Å². The average molecular weight is 545 g/mol. The van der Waals surface area contributed by atoms with Gasteiger partial charge in [-0.1, -0.05) is 48.5 Å². The van der Waals surface area contributed by atoms with Crippen LogP contribution in [0.5, 0.6) is 0 Å². The minimum atomic E-state index is -5.11. The first-order valence-corrected chi connectivity index (χ1v) is 11.5. The van der Waals surface area contributed by atoms with Crippen LogP contribution in [0.25, 0.3) is 0 Å². The van der Waals surface area contributed by atoms with Gasteiger partial charge in [0.1, 0.15) is 0 Å². The molecule has 0 radical (unpaired) electrons. The van der Waals surface area contributed by atoms with E-state index in [0.29, 0.717) is 23.3 Å². The molecule has 1 fully saturated rings. The predicted molar refractivity (Wildman–Crippen MR) is 120 cm³/mol. The van der Waals surface area contributed by atoms with E-state index in [4.69, 9.17) is 0 Å². The molecular weight excluding hydrogens is 525 g/mol. The lowest BCUT2D eigenvalue weighted by Crippen LogP contribution is -2.42. The Hall–Kier alpha value is -3.50. The van der Waals surface area contributed by atoms with Gasteiger partial charge < -0.3 is 4.90 Å².